The third kappa shape index (κ3) is 2.94. The van der Waals surface area contributed by atoms with E-state index >= 15 is 0 Å². The van der Waals surface area contributed by atoms with E-state index in [0.717, 1.165) is 0 Å². The summed E-state index contributed by atoms with van der Waals surface area (Å²) < 4.78 is 0. The molecule has 0 bridgehead atoms. The second-order valence-electron chi connectivity index (χ2n) is 3.11. The van der Waals surface area contributed by atoms with Crippen LogP contribution in [0.1, 0.15) is 13.8 Å². The Labute approximate surface area is 83.1 Å². The highest BCUT2D eigenvalue weighted by Gasteiger charge is 1.86. The molecule has 0 radical (unpaired) electrons. The van der Waals surface area contributed by atoms with Crippen LogP contribution in [0, 0.1) is 0 Å². The van der Waals surface area contributed by atoms with Crippen molar-refractivity contribution < 1.29 is 5.21 Å². The smallest absolute Gasteiger partial charge is 0.0509 e. The Bertz CT molecular complexity index is 384. The van der Waals surface area contributed by atoms with Crippen LogP contribution in [0.3, 0.4) is 0 Å². The minimum Gasteiger partial charge on any atom is -0.411 e. The van der Waals surface area contributed by atoms with Crippen molar-refractivity contribution in [1.29, 1.82) is 0 Å². The van der Waals surface area contributed by atoms with E-state index in [4.69, 9.17) is 5.21 Å². The van der Waals surface area contributed by atoms with Crippen LogP contribution in [-0.4, -0.2) is 15.9 Å². The second kappa shape index (κ2) is 5.07. The fourth-order valence-electron chi connectivity index (χ4n) is 0.995. The van der Waals surface area contributed by atoms with Gasteiger partial charge in [-0.3, -0.25) is 0 Å². The molecule has 0 saturated carbocycles. The van der Waals surface area contributed by atoms with Gasteiger partial charge < -0.3 is 10.2 Å². The Kier molecular flexibility index (Phi) is 3.73. The van der Waals surface area contributed by atoms with Crippen LogP contribution >= 0.6 is 0 Å². The largest absolute Gasteiger partial charge is 0.411 e. The zero-order valence-electron chi connectivity index (χ0n) is 8.36. The first-order valence-electron chi connectivity index (χ1n) is 4.41. The van der Waals surface area contributed by atoms with Crippen molar-refractivity contribution in [2.75, 3.05) is 0 Å². The van der Waals surface area contributed by atoms with Gasteiger partial charge in [0.25, 0.3) is 0 Å². The molecule has 0 aliphatic rings. The van der Waals surface area contributed by atoms with Crippen molar-refractivity contribution in [3.8, 4) is 0 Å². The summed E-state index contributed by atoms with van der Waals surface area (Å²) in [6, 6.07) is 10.3. The van der Waals surface area contributed by atoms with Crippen LogP contribution in [0.4, 0.5) is 0 Å². The maximum atomic E-state index is 7.73. The van der Waals surface area contributed by atoms with E-state index in [1.807, 2.05) is 18.3 Å². The van der Waals surface area contributed by atoms with Crippen molar-refractivity contribution in [2.24, 2.45) is 5.16 Å². The number of nitrogens with zero attached hydrogens (tertiary/aromatic N) is 1. The van der Waals surface area contributed by atoms with Gasteiger partial charge in [-0.25, -0.2) is 0 Å². The van der Waals surface area contributed by atoms with Crippen LogP contribution in [0.5, 0.6) is 0 Å². The summed E-state index contributed by atoms with van der Waals surface area (Å²) in [4.78, 5) is 3.12. The van der Waals surface area contributed by atoms with E-state index in [1.54, 1.807) is 13.8 Å². The SMILES string of the molecule is CC(C)=NO.c1ccc2[nH]ccc2c1. The molecule has 3 nitrogen and oxygen atoms in total. The molecule has 0 amide bonds. The molecule has 0 saturated heterocycles. The topological polar surface area (TPSA) is 48.4 Å². The molecule has 3 heteroatoms. The molecule has 2 aromatic rings. The Morgan fingerprint density at radius 3 is 2.43 bits per heavy atom. The summed E-state index contributed by atoms with van der Waals surface area (Å²) in [5, 5.41) is 11.8. The third-order valence-corrected chi connectivity index (χ3v) is 1.66. The molecule has 0 aliphatic heterocycles. The molecule has 74 valence electrons. The number of H-pyrrole nitrogens is 1. The molecule has 0 atom stereocenters. The summed E-state index contributed by atoms with van der Waals surface area (Å²) in [7, 11) is 0. The maximum absolute atomic E-state index is 7.73. The molecule has 1 heterocycles. The Morgan fingerprint density at radius 1 is 1.21 bits per heavy atom. The fraction of sp³-hybridized carbons (Fsp3) is 0.182. The lowest BCUT2D eigenvalue weighted by Gasteiger charge is -1.83. The molecular formula is C11H14N2O. The summed E-state index contributed by atoms with van der Waals surface area (Å²) >= 11 is 0. The lowest BCUT2D eigenvalue weighted by molar-refractivity contribution is 0.318. The van der Waals surface area contributed by atoms with E-state index in [-0.39, 0.29) is 0 Å². The monoisotopic (exact) mass is 190 g/mol. The molecule has 1 aromatic heterocycles. The van der Waals surface area contributed by atoms with Crippen LogP contribution < -0.4 is 0 Å². The fourth-order valence-corrected chi connectivity index (χ4v) is 0.995. The molecular weight excluding hydrogens is 176 g/mol. The average Bonchev–Trinajstić information content (AvgIpc) is 2.66. The van der Waals surface area contributed by atoms with Gasteiger partial charge in [-0.15, -0.1) is 0 Å². The lowest BCUT2D eigenvalue weighted by atomic mass is 10.3. The molecule has 0 unspecified atom stereocenters. The predicted molar refractivity (Wildman–Crippen MR) is 58.9 cm³/mol. The number of oxime groups is 1. The van der Waals surface area contributed by atoms with E-state index in [2.05, 4.69) is 28.3 Å². The third-order valence-electron chi connectivity index (χ3n) is 1.66. The summed E-state index contributed by atoms with van der Waals surface area (Å²) in [5.41, 5.74) is 1.89. The van der Waals surface area contributed by atoms with E-state index in [1.165, 1.54) is 10.9 Å². The number of benzene rings is 1. The number of hydrogen-bond donors (Lipinski definition) is 2. The van der Waals surface area contributed by atoms with Gasteiger partial charge in [0, 0.05) is 11.7 Å². The lowest BCUT2D eigenvalue weighted by Crippen LogP contribution is -1.74. The molecule has 2 rings (SSSR count). The molecule has 0 fully saturated rings. The Hall–Kier alpha value is -1.77. The number of aromatic nitrogens is 1. The molecule has 14 heavy (non-hydrogen) atoms. The maximum Gasteiger partial charge on any atom is 0.0509 e. The van der Waals surface area contributed by atoms with Gasteiger partial charge in [-0.1, -0.05) is 23.4 Å². The van der Waals surface area contributed by atoms with Gasteiger partial charge in [0.05, 0.1) is 5.71 Å². The summed E-state index contributed by atoms with van der Waals surface area (Å²) in [5.74, 6) is 0. The van der Waals surface area contributed by atoms with E-state index < -0.39 is 0 Å². The number of nitrogens with one attached hydrogen (secondary N) is 1. The van der Waals surface area contributed by atoms with Gasteiger partial charge in [0.15, 0.2) is 0 Å². The van der Waals surface area contributed by atoms with Crippen molar-refractivity contribution in [3.05, 3.63) is 36.5 Å². The van der Waals surface area contributed by atoms with Gasteiger partial charge in [-0.05, 0) is 31.4 Å². The zero-order chi connectivity index (χ0) is 10.4. The molecule has 1 aromatic carbocycles. The number of aromatic amines is 1. The van der Waals surface area contributed by atoms with Crippen LogP contribution in [0.25, 0.3) is 10.9 Å². The van der Waals surface area contributed by atoms with Crippen molar-refractivity contribution in [1.82, 2.24) is 4.98 Å². The number of fused-ring (bicyclic) bond motifs is 1. The molecule has 0 spiro atoms. The zero-order valence-corrected chi connectivity index (χ0v) is 8.36. The standard InChI is InChI=1S/C8H7N.C3H7NO/c1-2-4-8-7(3-1)5-6-9-8;1-3(2)4-5/h1-6,9H;5H,1-2H3. The van der Waals surface area contributed by atoms with E-state index in [0.29, 0.717) is 5.71 Å². The van der Waals surface area contributed by atoms with E-state index in [9.17, 15) is 0 Å². The second-order valence-corrected chi connectivity index (χ2v) is 3.11. The summed E-state index contributed by atoms with van der Waals surface area (Å²) in [6.45, 7) is 3.44. The van der Waals surface area contributed by atoms with Crippen molar-refractivity contribution in [2.45, 2.75) is 13.8 Å². The number of para-hydroxylation sites is 1. The Morgan fingerprint density at radius 2 is 1.86 bits per heavy atom. The first-order valence-corrected chi connectivity index (χ1v) is 4.41. The normalized spacial score (nSPS) is 9.00. The highest BCUT2D eigenvalue weighted by atomic mass is 16.4. The first kappa shape index (κ1) is 10.3. The average molecular weight is 190 g/mol. The molecule has 0 aliphatic carbocycles. The summed E-state index contributed by atoms with van der Waals surface area (Å²) in [6.07, 6.45) is 1.95. The van der Waals surface area contributed by atoms with Gasteiger partial charge >= 0.3 is 0 Å². The van der Waals surface area contributed by atoms with Gasteiger partial charge in [0.1, 0.15) is 0 Å². The molecule has 2 N–H and O–H groups in total. The van der Waals surface area contributed by atoms with Crippen molar-refractivity contribution >= 4 is 16.6 Å². The van der Waals surface area contributed by atoms with Crippen LogP contribution in [-0.2, 0) is 0 Å². The highest BCUT2D eigenvalue weighted by molar-refractivity contribution is 5.78. The van der Waals surface area contributed by atoms with Crippen LogP contribution in [0.15, 0.2) is 41.7 Å². The van der Waals surface area contributed by atoms with Gasteiger partial charge in [-0.2, -0.15) is 0 Å². The van der Waals surface area contributed by atoms with Crippen LogP contribution in [0.2, 0.25) is 0 Å². The quantitative estimate of drug-likeness (QED) is 0.374. The minimum absolute atomic E-state index is 0.685. The highest BCUT2D eigenvalue weighted by Crippen LogP contribution is 2.09. The predicted octanol–water partition coefficient (Wildman–Crippen LogP) is 3.02. The minimum atomic E-state index is 0.685. The first-order chi connectivity index (χ1) is 6.74. The Balaban J connectivity index is 0.000000171. The number of rotatable bonds is 0. The number of hydrogen-bond acceptors (Lipinski definition) is 2. The van der Waals surface area contributed by atoms with Crippen molar-refractivity contribution in [3.63, 3.8) is 0 Å². The van der Waals surface area contributed by atoms with Gasteiger partial charge in [0.2, 0.25) is 0 Å².